The van der Waals surface area contributed by atoms with E-state index in [1.807, 2.05) is 0 Å². The van der Waals surface area contributed by atoms with Crippen LogP contribution in [0.4, 0.5) is 0 Å². The van der Waals surface area contributed by atoms with Crippen molar-refractivity contribution in [2.75, 3.05) is 6.61 Å². The summed E-state index contributed by atoms with van der Waals surface area (Å²) in [6.45, 7) is 14.2. The van der Waals surface area contributed by atoms with E-state index in [-0.39, 0.29) is 5.60 Å². The summed E-state index contributed by atoms with van der Waals surface area (Å²) >= 11 is 0. The highest BCUT2D eigenvalue weighted by atomic mass is 28.3. The predicted octanol–water partition coefficient (Wildman–Crippen LogP) is 3.72. The lowest BCUT2D eigenvalue weighted by Crippen LogP contribution is -2.31. The maximum absolute atomic E-state index is 6.19. The molecule has 104 valence electrons. The van der Waals surface area contributed by atoms with Gasteiger partial charge in [0.1, 0.15) is 0 Å². The van der Waals surface area contributed by atoms with E-state index in [1.165, 1.54) is 24.2 Å². The van der Waals surface area contributed by atoms with Crippen molar-refractivity contribution < 1.29 is 8.85 Å². The van der Waals surface area contributed by atoms with Gasteiger partial charge in [0.25, 0.3) is 0 Å². The third-order valence-electron chi connectivity index (χ3n) is 2.80. The van der Waals surface area contributed by atoms with Gasteiger partial charge in [-0.05, 0) is 51.4 Å². The van der Waals surface area contributed by atoms with Gasteiger partial charge in [-0.1, -0.05) is 20.8 Å². The van der Waals surface area contributed by atoms with Crippen LogP contribution in [0.3, 0.4) is 0 Å². The van der Waals surface area contributed by atoms with Crippen LogP contribution < -0.4 is 0 Å². The maximum atomic E-state index is 6.19. The van der Waals surface area contributed by atoms with Gasteiger partial charge in [-0.25, -0.2) is 0 Å². The summed E-state index contributed by atoms with van der Waals surface area (Å²) < 4.78 is 12.2. The first kappa shape index (κ1) is 17.4. The van der Waals surface area contributed by atoms with E-state index in [4.69, 9.17) is 8.85 Å². The summed E-state index contributed by atoms with van der Waals surface area (Å²) in [6.07, 6.45) is 1.15. The van der Waals surface area contributed by atoms with Gasteiger partial charge in [0.2, 0.25) is 0 Å². The molecule has 0 saturated carbocycles. The normalized spacial score (nSPS) is 15.9. The first-order chi connectivity index (χ1) is 7.92. The highest BCUT2D eigenvalue weighted by molar-refractivity contribution is 6.57. The maximum Gasteiger partial charge on any atom is 0.177 e. The Morgan fingerprint density at radius 2 is 1.41 bits per heavy atom. The van der Waals surface area contributed by atoms with Crippen molar-refractivity contribution in [3.05, 3.63) is 0 Å². The van der Waals surface area contributed by atoms with Crippen LogP contribution in [0.5, 0.6) is 0 Å². The van der Waals surface area contributed by atoms with Crippen LogP contribution in [-0.2, 0) is 8.85 Å². The second kappa shape index (κ2) is 9.31. The molecule has 2 unspecified atom stereocenters. The molecule has 0 heterocycles. The SMILES string of the molecule is CCCO[SiH](CC)CC[SiH](CC)OC(C)(C)C. The summed E-state index contributed by atoms with van der Waals surface area (Å²) in [4.78, 5) is 0. The van der Waals surface area contributed by atoms with E-state index in [1.54, 1.807) is 0 Å². The smallest absolute Gasteiger partial charge is 0.177 e. The van der Waals surface area contributed by atoms with Crippen LogP contribution in [0.25, 0.3) is 0 Å². The van der Waals surface area contributed by atoms with Gasteiger partial charge in [0.05, 0.1) is 0 Å². The second-order valence-electron chi connectivity index (χ2n) is 5.74. The zero-order chi connectivity index (χ0) is 13.3. The summed E-state index contributed by atoms with van der Waals surface area (Å²) in [7, 11) is -1.90. The zero-order valence-corrected chi connectivity index (χ0v) is 15.0. The minimum atomic E-state index is -0.987. The van der Waals surface area contributed by atoms with Gasteiger partial charge in [0, 0.05) is 12.2 Å². The fourth-order valence-electron chi connectivity index (χ4n) is 1.91. The summed E-state index contributed by atoms with van der Waals surface area (Å²) in [5.41, 5.74) is 0.0421. The quantitative estimate of drug-likeness (QED) is 0.598. The van der Waals surface area contributed by atoms with Crippen molar-refractivity contribution in [1.29, 1.82) is 0 Å². The van der Waals surface area contributed by atoms with E-state index in [9.17, 15) is 0 Å². The molecule has 0 N–H and O–H groups in total. The van der Waals surface area contributed by atoms with Gasteiger partial charge in [-0.15, -0.1) is 0 Å². The van der Waals surface area contributed by atoms with E-state index >= 15 is 0 Å². The molecule has 2 nitrogen and oxygen atoms in total. The van der Waals surface area contributed by atoms with Crippen molar-refractivity contribution in [3.8, 4) is 0 Å². The fourth-order valence-corrected chi connectivity index (χ4v) is 7.95. The van der Waals surface area contributed by atoms with Crippen LogP contribution in [0.1, 0.15) is 48.0 Å². The molecule has 0 aliphatic carbocycles. The van der Waals surface area contributed by atoms with Gasteiger partial charge < -0.3 is 8.85 Å². The Balaban J connectivity index is 3.94. The molecule has 0 aromatic rings. The van der Waals surface area contributed by atoms with Crippen LogP contribution in [0.15, 0.2) is 0 Å². The third kappa shape index (κ3) is 10.0. The largest absolute Gasteiger partial charge is 0.420 e. The Kier molecular flexibility index (Phi) is 9.50. The van der Waals surface area contributed by atoms with Gasteiger partial charge in [0.15, 0.2) is 18.1 Å². The Hall–Kier alpha value is 0.354. The lowest BCUT2D eigenvalue weighted by atomic mass is 10.2. The first-order valence-electron chi connectivity index (χ1n) is 7.22. The number of hydrogen-bond acceptors (Lipinski definition) is 2. The van der Waals surface area contributed by atoms with E-state index in [0.717, 1.165) is 13.0 Å². The van der Waals surface area contributed by atoms with Crippen molar-refractivity contribution in [2.45, 2.75) is 77.7 Å². The highest BCUT2D eigenvalue weighted by Gasteiger charge is 2.20. The molecule has 2 atom stereocenters. The molecule has 0 aliphatic rings. The molecule has 4 heteroatoms. The first-order valence-corrected chi connectivity index (χ1v) is 11.4. The van der Waals surface area contributed by atoms with Crippen molar-refractivity contribution >= 4 is 18.1 Å². The van der Waals surface area contributed by atoms with Crippen LogP contribution >= 0.6 is 0 Å². The molecule has 0 saturated heterocycles. The summed E-state index contributed by atoms with van der Waals surface area (Å²) in [6, 6.07) is 5.13. The number of hydrogen-bond donors (Lipinski definition) is 0. The van der Waals surface area contributed by atoms with Crippen molar-refractivity contribution in [2.24, 2.45) is 0 Å². The topological polar surface area (TPSA) is 18.5 Å². The molecule has 17 heavy (non-hydrogen) atoms. The van der Waals surface area contributed by atoms with Crippen LogP contribution in [-0.4, -0.2) is 30.3 Å². The molecule has 0 spiro atoms. The molecule has 0 aliphatic heterocycles. The van der Waals surface area contributed by atoms with E-state index < -0.39 is 18.1 Å². The molecule has 0 fully saturated rings. The minimum absolute atomic E-state index is 0.0421. The second-order valence-corrected chi connectivity index (χ2v) is 11.6. The van der Waals surface area contributed by atoms with Crippen molar-refractivity contribution in [3.63, 3.8) is 0 Å². The molecular formula is C13H32O2Si2. The van der Waals surface area contributed by atoms with Crippen molar-refractivity contribution in [1.82, 2.24) is 0 Å². The number of rotatable bonds is 9. The monoisotopic (exact) mass is 276 g/mol. The minimum Gasteiger partial charge on any atom is -0.420 e. The summed E-state index contributed by atoms with van der Waals surface area (Å²) in [5.74, 6) is 0. The Morgan fingerprint density at radius 1 is 0.882 bits per heavy atom. The van der Waals surface area contributed by atoms with Gasteiger partial charge in [-0.2, -0.15) is 0 Å². The fraction of sp³-hybridized carbons (Fsp3) is 1.00. The van der Waals surface area contributed by atoms with E-state index in [0.29, 0.717) is 0 Å². The molecule has 0 rings (SSSR count). The molecule has 0 aromatic heterocycles. The van der Waals surface area contributed by atoms with Crippen LogP contribution in [0, 0.1) is 0 Å². The zero-order valence-electron chi connectivity index (χ0n) is 12.7. The molecule has 0 radical (unpaired) electrons. The van der Waals surface area contributed by atoms with Gasteiger partial charge >= 0.3 is 0 Å². The molecular weight excluding hydrogens is 244 g/mol. The summed E-state index contributed by atoms with van der Waals surface area (Å²) in [5, 5.41) is 0. The lowest BCUT2D eigenvalue weighted by Gasteiger charge is -2.27. The average Bonchev–Trinajstić information content (AvgIpc) is 2.26. The predicted molar refractivity (Wildman–Crippen MR) is 82.0 cm³/mol. The van der Waals surface area contributed by atoms with Crippen LogP contribution in [0.2, 0.25) is 24.2 Å². The Morgan fingerprint density at radius 3 is 1.82 bits per heavy atom. The lowest BCUT2D eigenvalue weighted by molar-refractivity contribution is 0.128. The Bertz CT molecular complexity index is 181. The van der Waals surface area contributed by atoms with E-state index in [2.05, 4.69) is 41.5 Å². The molecule has 0 bridgehead atoms. The highest BCUT2D eigenvalue weighted by Crippen LogP contribution is 2.17. The Labute approximate surface area is 112 Å². The molecule has 0 amide bonds. The van der Waals surface area contributed by atoms with Gasteiger partial charge in [-0.3, -0.25) is 0 Å². The third-order valence-corrected chi connectivity index (χ3v) is 8.99. The average molecular weight is 277 g/mol. The standard InChI is InChI=1S/C13H32O2Si2/c1-7-10-14-16(8-2)11-12-17(9-3)15-13(4,5)6/h16-17H,7-12H2,1-6H3. The molecule has 0 aromatic carbocycles.